The first-order valence-electron chi connectivity index (χ1n) is 48.3. The number of likely N-dealkylation sites (tertiary alicyclic amines) is 3. The van der Waals surface area contributed by atoms with Crippen molar-refractivity contribution >= 4 is 99.6 Å². The van der Waals surface area contributed by atoms with Gasteiger partial charge >= 0.3 is 29.6 Å². The zero-order valence-corrected chi connectivity index (χ0v) is 116. The number of carbonyl (C=O) groups is 1. The Labute approximate surface area is 1090 Å². The SMILES string of the molecule is BrCc1ccccc1.C(=C1CCN(Cc2ccccc2)CC1)c1ccccc1.CC.CC.CC.CC.CC.Cl.Cl.O=C1CCN(Cc2ccccc2)CC1.[Br-].[CH3-].[CH3-].[CH3-].[CH3-].[CH3-].[CH3-].[H-].[HH].[Na+].[Pd].[Y].[Y].[Y].[Y].[Y].c1ccc(CC2CCN(Cc3ccccc3)CC2)cc1.c1ccc(CC2CCNCC2)cc1.c1ccc(C[P+](c2ccccc2)(c2ccccc2)c2ccccc2)cc1.c1ccc(P(c2ccccc2)c2ccccc2)cc1. The molecule has 0 spiro atoms. The van der Waals surface area contributed by atoms with Crippen molar-refractivity contribution in [2.45, 2.75) is 165 Å². The van der Waals surface area contributed by atoms with Crippen LogP contribution in [-0.2, 0) is 233 Å². The number of hydrogen-bond acceptors (Lipinski definition) is 5. The Hall–Kier alpha value is -2.09. The number of benzene rings is 14. The molecule has 18 heteroatoms. The van der Waals surface area contributed by atoms with Crippen LogP contribution in [0.1, 0.15) is 168 Å². The first-order chi connectivity index (χ1) is 64.4. The van der Waals surface area contributed by atoms with Gasteiger partial charge in [0, 0.05) is 249 Å². The summed E-state index contributed by atoms with van der Waals surface area (Å²) in [7, 11) is -2.22. The Kier molecular flexibility index (Phi) is 119. The van der Waals surface area contributed by atoms with E-state index in [-0.39, 0.29) is 303 Å². The largest absolute Gasteiger partial charge is 1.00 e. The Morgan fingerprint density at radius 2 is 0.534 bits per heavy atom. The van der Waals surface area contributed by atoms with Crippen LogP contribution in [0.5, 0.6) is 0 Å². The van der Waals surface area contributed by atoms with Crippen molar-refractivity contribution in [2.24, 2.45) is 11.8 Å². The van der Waals surface area contributed by atoms with Crippen LogP contribution in [0.3, 0.4) is 0 Å². The molecule has 146 heavy (non-hydrogen) atoms. The average molecular weight is 2650 g/mol. The molecule has 4 heterocycles. The number of rotatable bonds is 20. The Morgan fingerprint density at radius 3 is 0.801 bits per heavy atom. The topological polar surface area (TPSA) is 38.8 Å². The molecule has 4 aliphatic heterocycles. The van der Waals surface area contributed by atoms with Crippen molar-refractivity contribution < 1.29 is 238 Å². The van der Waals surface area contributed by atoms with Gasteiger partial charge in [0.15, 0.2) is 0 Å². The second-order valence-corrected chi connectivity index (χ2v) is 37.7. The van der Waals surface area contributed by atoms with Gasteiger partial charge in [0.25, 0.3) is 0 Å². The van der Waals surface area contributed by atoms with Gasteiger partial charge in [-0.05, 0) is 194 Å². The first-order valence-corrected chi connectivity index (χ1v) is 52.8. The maximum Gasteiger partial charge on any atom is 1.00 e. The van der Waals surface area contributed by atoms with E-state index in [0.717, 1.165) is 68.9 Å². The maximum atomic E-state index is 11.0. The Morgan fingerprint density at radius 1 is 0.315 bits per heavy atom. The van der Waals surface area contributed by atoms with E-state index in [0.29, 0.717) is 5.78 Å². The molecule has 1 N–H and O–H groups in total. The number of piperidine rings is 4. The molecule has 0 unspecified atom stereocenters. The molecule has 14 aromatic carbocycles. The van der Waals surface area contributed by atoms with Crippen molar-refractivity contribution in [3.63, 3.8) is 0 Å². The number of nitrogens with one attached hydrogen (secondary N) is 1. The number of carbonyl (C=O) groups excluding carboxylic acids is 1. The second-order valence-electron chi connectivity index (χ2n) is 31.5. The number of ketones is 1. The summed E-state index contributed by atoms with van der Waals surface area (Å²) in [6, 6.07) is 151. The Bertz CT molecular complexity index is 4870. The predicted molar refractivity (Wildman–Crippen MR) is 634 cm³/mol. The number of halogens is 4. The third-order valence-electron chi connectivity index (χ3n) is 22.6. The fourth-order valence-electron chi connectivity index (χ4n) is 16.1. The first kappa shape index (κ1) is 164. The van der Waals surface area contributed by atoms with Gasteiger partial charge in [-0.2, -0.15) is 0 Å². The fourth-order valence-corrected chi connectivity index (χ4v) is 23.0. The van der Waals surface area contributed by atoms with Crippen LogP contribution in [0, 0.1) is 56.4 Å². The normalized spacial score (nSPS) is 12.1. The number of hydrogen-bond donors (Lipinski definition) is 1. The summed E-state index contributed by atoms with van der Waals surface area (Å²) in [6.45, 7) is 32.3. The van der Waals surface area contributed by atoms with Gasteiger partial charge < -0.3 is 68.3 Å². The van der Waals surface area contributed by atoms with Crippen LogP contribution < -0.4 is 83.7 Å². The van der Waals surface area contributed by atoms with Gasteiger partial charge in [-0.15, -0.1) is 24.8 Å². The van der Waals surface area contributed by atoms with Gasteiger partial charge in [-0.25, -0.2) is 0 Å². The zero-order chi connectivity index (χ0) is 92.4. The van der Waals surface area contributed by atoms with Crippen molar-refractivity contribution in [1.29, 1.82) is 0 Å². The minimum atomic E-state index is -1.78. The van der Waals surface area contributed by atoms with Gasteiger partial charge in [-0.1, -0.05) is 485 Å². The maximum absolute atomic E-state index is 11.0. The molecular weight excluding hydrogens is 2480 g/mol. The van der Waals surface area contributed by atoms with E-state index in [1.165, 1.54) is 167 Å². The molecule has 0 saturated carbocycles. The molecule has 5 nitrogen and oxygen atoms in total. The van der Waals surface area contributed by atoms with Crippen molar-refractivity contribution in [3.05, 3.63) is 519 Å². The second kappa shape index (κ2) is 106. The van der Waals surface area contributed by atoms with Gasteiger partial charge in [0.1, 0.15) is 29.0 Å². The summed E-state index contributed by atoms with van der Waals surface area (Å²) < 4.78 is 0. The van der Waals surface area contributed by atoms with Crippen molar-refractivity contribution in [2.75, 3.05) is 52.4 Å². The quantitative estimate of drug-likeness (QED) is 0.0356. The summed E-state index contributed by atoms with van der Waals surface area (Å²) in [5.41, 5.74) is 12.8. The van der Waals surface area contributed by atoms with Gasteiger partial charge in [0.2, 0.25) is 0 Å². The fraction of sp³-hybridized carbons (Fsp3) is 0.273. The standard InChI is InChI=1S/C25H22P.C19H23N.C19H21N.C18H15P.C12H15NO.C12H17N.C7H7Br.5C2H6.6CH3.BrH.2ClH.Na.Pd.5Y.H2.H/c1-5-13-22(14-6-1)21-26(23-15-7-2-8-16-23,24-17-9-3-10-18-24)25-19-11-4-12-20-25;2*1-3-7-17(8-4-1)15-18-11-13-20(14-12-18)16-19-9-5-2-6-10-19;1-4-10-16(11-5-1)19(17-12-6-2-7-13-17)18-14-8-3-9-15-18;14-12-6-8-13(9-7-12)10-11-4-2-1-3-5-11;1-2-4-11(5-3-1)10-12-6-8-13-9-7-12;8-6-7-4-2-1-3-5-7;5*1-2;;;;;;;;;;;;;;;;;;/h1-20H,21H2;1-10,18H,11-16H2;1-10,15H,11-14,16H2;1-15H;1-5H,6-10H2;1-5,12-13H,6-10H2;1-5H,6H2;5*1-2H3;6*1H3;3*1H;;;;;;;;1H;/q+1;;;;;;;;;;;;6*-1;;;;+1;;;;;;;;-1/p-1. The average Bonchev–Trinajstić information content (AvgIpc) is 0.750. The van der Waals surface area contributed by atoms with E-state index in [4.69, 9.17) is 0 Å². The summed E-state index contributed by atoms with van der Waals surface area (Å²) in [6.07, 6.45) is 15.1. The smallest absolute Gasteiger partial charge is 1.00 e. The monoisotopic (exact) mass is 2650 g/mol. The molecular formula is C128H173Br2Cl2N4NaOP2PdY5-6. The third kappa shape index (κ3) is 64.6. The molecule has 0 aliphatic carbocycles. The zero-order valence-electron chi connectivity index (χ0n) is 92.3. The molecule has 0 aromatic heterocycles. The van der Waals surface area contributed by atoms with Gasteiger partial charge in [0.05, 0.1) is 6.16 Å². The van der Waals surface area contributed by atoms with E-state index in [2.05, 4.69) is 442 Å². The molecule has 5 radical (unpaired) electrons. The molecule has 781 valence electrons. The molecule has 0 bridgehead atoms. The van der Waals surface area contributed by atoms with E-state index >= 15 is 0 Å². The number of nitrogens with zero attached hydrogens (tertiary/aromatic N) is 3. The minimum Gasteiger partial charge on any atom is -1.00 e. The van der Waals surface area contributed by atoms with Crippen LogP contribution in [0.2, 0.25) is 0 Å². The van der Waals surface area contributed by atoms with Crippen molar-refractivity contribution in [1.82, 2.24) is 20.0 Å². The Balaban J connectivity index is -0.000000143. The van der Waals surface area contributed by atoms with E-state index < -0.39 is 15.2 Å². The summed E-state index contributed by atoms with van der Waals surface area (Å²) >= 11 is 3.36. The van der Waals surface area contributed by atoms with E-state index in [9.17, 15) is 4.79 Å². The molecule has 14 aromatic rings. The minimum absolute atomic E-state index is 0. The van der Waals surface area contributed by atoms with E-state index in [1.807, 2.05) is 93.5 Å². The van der Waals surface area contributed by atoms with Gasteiger partial charge in [-0.3, -0.25) is 19.5 Å². The summed E-state index contributed by atoms with van der Waals surface area (Å²) in [4.78, 5) is 18.5. The number of alkyl halides is 1. The van der Waals surface area contributed by atoms with Crippen LogP contribution >= 0.6 is 55.9 Å². The molecule has 0 amide bonds. The van der Waals surface area contributed by atoms with Crippen LogP contribution in [0.4, 0.5) is 0 Å². The molecule has 4 aliphatic rings. The molecule has 0 atom stereocenters. The summed E-state index contributed by atoms with van der Waals surface area (Å²) in [5, 5.41) is 12.8. The van der Waals surface area contributed by atoms with Crippen molar-refractivity contribution in [3.8, 4) is 0 Å². The molecule has 18 rings (SSSR count). The summed E-state index contributed by atoms with van der Waals surface area (Å²) in [5.74, 6) is 2.18. The predicted octanol–water partition coefficient (Wildman–Crippen LogP) is 26.8. The van der Waals surface area contributed by atoms with Crippen LogP contribution in [-0.4, -0.2) is 72.8 Å². The molecule has 4 fully saturated rings. The third-order valence-corrected chi connectivity index (χ3v) is 30.1. The van der Waals surface area contributed by atoms with Crippen LogP contribution in [0.15, 0.2) is 430 Å². The van der Waals surface area contributed by atoms with E-state index in [1.54, 1.807) is 5.57 Å². The number of Topliss-reactive ketones (excluding diaryl/α,β-unsaturated/α-hetero) is 1. The molecule has 4 saturated heterocycles. The van der Waals surface area contributed by atoms with Crippen LogP contribution in [0.25, 0.3) is 6.08 Å².